The fraction of sp³-hybridized carbons (Fsp3) is 0.733. The molecular weight excluding hydrogens is 395 g/mol. The number of carbonyl (C=O) groups excluding carboxylic acids is 1. The number of aliphatic imine (C=N–C) groups is 1. The topological polar surface area (TPSA) is 66.0 Å². The number of guanidine groups is 1. The number of amides is 1. The summed E-state index contributed by atoms with van der Waals surface area (Å²) in [6.45, 7) is 10.2. The Hall–Kier alpha value is -1.17. The molecule has 1 rings (SSSR count). The average Bonchev–Trinajstić information content (AvgIpc) is 2.80. The van der Waals surface area contributed by atoms with Crippen LogP contribution in [0.4, 0.5) is 4.79 Å². The Labute approximate surface area is 150 Å². The molecule has 1 unspecified atom stereocenters. The lowest BCUT2D eigenvalue weighted by Gasteiger charge is -2.23. The number of ether oxygens (including phenoxy) is 1. The van der Waals surface area contributed by atoms with Gasteiger partial charge >= 0.3 is 6.09 Å². The van der Waals surface area contributed by atoms with E-state index in [4.69, 9.17) is 11.2 Å². The van der Waals surface area contributed by atoms with Crippen molar-refractivity contribution < 1.29 is 9.53 Å². The molecule has 1 heterocycles. The smallest absolute Gasteiger partial charge is 0.407 e. The van der Waals surface area contributed by atoms with Crippen LogP contribution in [0.15, 0.2) is 4.99 Å². The van der Waals surface area contributed by atoms with E-state index in [0.29, 0.717) is 13.1 Å². The second-order valence-electron chi connectivity index (χ2n) is 5.95. The molecule has 1 fully saturated rings. The summed E-state index contributed by atoms with van der Waals surface area (Å²) < 4.78 is 5.27. The molecule has 0 aromatic carbocycles. The van der Waals surface area contributed by atoms with Crippen molar-refractivity contribution in [2.45, 2.75) is 45.8 Å². The van der Waals surface area contributed by atoms with Gasteiger partial charge in [-0.05, 0) is 34.1 Å². The Morgan fingerprint density at radius 2 is 2.18 bits per heavy atom. The maximum absolute atomic E-state index is 11.8. The van der Waals surface area contributed by atoms with Crippen LogP contribution in [0.3, 0.4) is 0 Å². The van der Waals surface area contributed by atoms with Gasteiger partial charge in [0, 0.05) is 19.6 Å². The zero-order chi connectivity index (χ0) is 15.9. The fourth-order valence-corrected chi connectivity index (χ4v) is 2.09. The first-order chi connectivity index (χ1) is 9.85. The summed E-state index contributed by atoms with van der Waals surface area (Å²) in [5.74, 6) is 3.30. The number of carbonyl (C=O) groups is 1. The molecular formula is C15H27IN4O2. The van der Waals surface area contributed by atoms with Gasteiger partial charge in [-0.1, -0.05) is 5.92 Å². The quantitative estimate of drug-likeness (QED) is 0.315. The van der Waals surface area contributed by atoms with E-state index in [1.165, 1.54) is 0 Å². The molecule has 0 aromatic heterocycles. The highest BCUT2D eigenvalue weighted by Gasteiger charge is 2.27. The molecule has 0 bridgehead atoms. The fourth-order valence-electron chi connectivity index (χ4n) is 2.09. The summed E-state index contributed by atoms with van der Waals surface area (Å²) in [6, 6.07) is 0.0644. The number of hydrogen-bond acceptors (Lipinski definition) is 3. The molecule has 22 heavy (non-hydrogen) atoms. The van der Waals surface area contributed by atoms with E-state index in [1.807, 2.05) is 27.7 Å². The van der Waals surface area contributed by atoms with Gasteiger partial charge < -0.3 is 20.3 Å². The SMILES string of the molecule is C#CCN=C(NCC)N1CCC(NC(=O)OC(C)(C)C)C1.I. The monoisotopic (exact) mass is 422 g/mol. The van der Waals surface area contributed by atoms with Crippen LogP contribution in [-0.2, 0) is 4.74 Å². The van der Waals surface area contributed by atoms with Gasteiger partial charge in [0.05, 0.1) is 6.04 Å². The van der Waals surface area contributed by atoms with Crippen molar-refractivity contribution in [2.75, 3.05) is 26.2 Å². The van der Waals surface area contributed by atoms with Crippen molar-refractivity contribution in [3.63, 3.8) is 0 Å². The molecule has 0 radical (unpaired) electrons. The van der Waals surface area contributed by atoms with Crippen molar-refractivity contribution in [1.29, 1.82) is 0 Å². The Morgan fingerprint density at radius 1 is 1.50 bits per heavy atom. The van der Waals surface area contributed by atoms with E-state index >= 15 is 0 Å². The zero-order valence-corrected chi connectivity index (χ0v) is 16.1. The zero-order valence-electron chi connectivity index (χ0n) is 13.8. The van der Waals surface area contributed by atoms with Gasteiger partial charge in [0.25, 0.3) is 0 Å². The molecule has 1 aliphatic heterocycles. The maximum atomic E-state index is 11.8. The van der Waals surface area contributed by atoms with Gasteiger partial charge in [-0.25, -0.2) is 9.79 Å². The second-order valence-corrected chi connectivity index (χ2v) is 5.95. The van der Waals surface area contributed by atoms with Crippen LogP contribution >= 0.6 is 24.0 Å². The molecule has 1 amide bonds. The van der Waals surface area contributed by atoms with Gasteiger partial charge in [-0.15, -0.1) is 30.4 Å². The number of alkyl carbamates (subject to hydrolysis) is 1. The largest absolute Gasteiger partial charge is 0.444 e. The van der Waals surface area contributed by atoms with E-state index in [2.05, 4.69) is 26.4 Å². The van der Waals surface area contributed by atoms with E-state index in [1.54, 1.807) is 0 Å². The Balaban J connectivity index is 0.00000441. The number of nitrogens with one attached hydrogen (secondary N) is 2. The highest BCUT2D eigenvalue weighted by molar-refractivity contribution is 14.0. The van der Waals surface area contributed by atoms with E-state index < -0.39 is 5.60 Å². The summed E-state index contributed by atoms with van der Waals surface area (Å²) in [7, 11) is 0. The Kier molecular flexibility index (Phi) is 9.25. The van der Waals surface area contributed by atoms with Gasteiger partial charge in [0.15, 0.2) is 5.96 Å². The van der Waals surface area contributed by atoms with Gasteiger partial charge in [0.2, 0.25) is 0 Å². The molecule has 2 N–H and O–H groups in total. The second kappa shape index (κ2) is 9.77. The minimum atomic E-state index is -0.481. The third-order valence-corrected chi connectivity index (χ3v) is 2.86. The average molecular weight is 422 g/mol. The molecule has 126 valence electrons. The minimum absolute atomic E-state index is 0. The highest BCUT2D eigenvalue weighted by Crippen LogP contribution is 2.12. The van der Waals surface area contributed by atoms with Crippen molar-refractivity contribution in [3.05, 3.63) is 0 Å². The van der Waals surface area contributed by atoms with E-state index in [9.17, 15) is 4.79 Å². The molecule has 1 atom stereocenters. The molecule has 1 saturated heterocycles. The number of hydrogen-bond donors (Lipinski definition) is 2. The molecule has 1 aliphatic rings. The molecule has 0 aromatic rings. The number of nitrogens with zero attached hydrogens (tertiary/aromatic N) is 2. The lowest BCUT2D eigenvalue weighted by molar-refractivity contribution is 0.0507. The molecule has 0 saturated carbocycles. The molecule has 0 spiro atoms. The van der Waals surface area contributed by atoms with Gasteiger partial charge in [0.1, 0.15) is 12.1 Å². The predicted octanol–water partition coefficient (Wildman–Crippen LogP) is 1.80. The number of rotatable bonds is 3. The first-order valence-corrected chi connectivity index (χ1v) is 7.32. The Bertz CT molecular complexity index is 426. The molecule has 7 heteroatoms. The minimum Gasteiger partial charge on any atom is -0.444 e. The van der Waals surface area contributed by atoms with Crippen LogP contribution in [0.1, 0.15) is 34.1 Å². The summed E-state index contributed by atoms with van der Waals surface area (Å²) in [5, 5.41) is 6.10. The maximum Gasteiger partial charge on any atom is 0.407 e. The van der Waals surface area contributed by atoms with Crippen LogP contribution in [0.5, 0.6) is 0 Å². The lowest BCUT2D eigenvalue weighted by atomic mass is 10.2. The van der Waals surface area contributed by atoms with Crippen molar-refractivity contribution in [1.82, 2.24) is 15.5 Å². The number of likely N-dealkylation sites (tertiary alicyclic amines) is 1. The summed E-state index contributed by atoms with van der Waals surface area (Å²) in [6.07, 6.45) is 5.73. The highest BCUT2D eigenvalue weighted by atomic mass is 127. The first-order valence-electron chi connectivity index (χ1n) is 7.32. The van der Waals surface area contributed by atoms with E-state index in [-0.39, 0.29) is 36.1 Å². The van der Waals surface area contributed by atoms with Crippen molar-refractivity contribution >= 4 is 36.0 Å². The van der Waals surface area contributed by atoms with Crippen LogP contribution in [0.2, 0.25) is 0 Å². The number of halogens is 1. The van der Waals surface area contributed by atoms with Gasteiger partial charge in [-0.3, -0.25) is 0 Å². The third-order valence-electron chi connectivity index (χ3n) is 2.86. The Morgan fingerprint density at radius 3 is 2.73 bits per heavy atom. The van der Waals surface area contributed by atoms with Crippen LogP contribution in [-0.4, -0.2) is 54.8 Å². The molecule has 6 nitrogen and oxygen atoms in total. The summed E-state index contributed by atoms with van der Waals surface area (Å²) >= 11 is 0. The summed E-state index contributed by atoms with van der Waals surface area (Å²) in [5.41, 5.74) is -0.481. The third kappa shape index (κ3) is 7.73. The number of terminal acetylenes is 1. The van der Waals surface area contributed by atoms with Crippen LogP contribution in [0, 0.1) is 12.3 Å². The van der Waals surface area contributed by atoms with Crippen molar-refractivity contribution in [3.8, 4) is 12.3 Å². The normalized spacial score (nSPS) is 18.2. The summed E-state index contributed by atoms with van der Waals surface area (Å²) in [4.78, 5) is 18.2. The first kappa shape index (κ1) is 20.8. The predicted molar refractivity (Wildman–Crippen MR) is 99.6 cm³/mol. The van der Waals surface area contributed by atoms with Crippen LogP contribution < -0.4 is 10.6 Å². The van der Waals surface area contributed by atoms with Gasteiger partial charge in [-0.2, -0.15) is 0 Å². The van der Waals surface area contributed by atoms with E-state index in [0.717, 1.165) is 25.5 Å². The standard InChI is InChI=1S/C15H26N4O2.HI/c1-6-9-17-13(16-7-2)19-10-8-12(11-19)18-14(20)21-15(3,4)5;/h1,12H,7-11H2,2-5H3,(H,16,17)(H,18,20);1H. The van der Waals surface area contributed by atoms with Crippen LogP contribution in [0.25, 0.3) is 0 Å². The van der Waals surface area contributed by atoms with Crippen molar-refractivity contribution in [2.24, 2.45) is 4.99 Å². The lowest BCUT2D eigenvalue weighted by Crippen LogP contribution is -2.44. The molecule has 0 aliphatic carbocycles.